The van der Waals surface area contributed by atoms with Crippen molar-refractivity contribution < 1.29 is 4.79 Å². The van der Waals surface area contributed by atoms with Crippen LogP contribution in [-0.4, -0.2) is 25.8 Å². The van der Waals surface area contributed by atoms with E-state index in [1.807, 2.05) is 10.6 Å². The van der Waals surface area contributed by atoms with Gasteiger partial charge in [0.25, 0.3) is 0 Å². The summed E-state index contributed by atoms with van der Waals surface area (Å²) < 4.78 is 1.96. The molecule has 2 heterocycles. The molecule has 98 valence electrons. The maximum absolute atomic E-state index is 11.1. The van der Waals surface area contributed by atoms with Gasteiger partial charge in [-0.15, -0.1) is 0 Å². The molecule has 6 nitrogen and oxygen atoms in total. The fraction of sp³-hybridized carbons (Fsp3) is 0.385. The molecule has 6 heteroatoms. The Hall–Kier alpha value is -2.24. The lowest BCUT2D eigenvalue weighted by Crippen LogP contribution is -2.06. The summed E-state index contributed by atoms with van der Waals surface area (Å²) in [4.78, 5) is 23.5. The fourth-order valence-electron chi connectivity index (χ4n) is 2.70. The zero-order valence-corrected chi connectivity index (χ0v) is 10.7. The highest BCUT2D eigenvalue weighted by molar-refractivity contribution is 5.81. The molecule has 2 N–H and O–H groups in total. The van der Waals surface area contributed by atoms with Crippen molar-refractivity contribution in [3.05, 3.63) is 24.3 Å². The molecule has 0 radical (unpaired) electrons. The molecule has 0 fully saturated rings. The molecular formula is C13H15N5O. The summed E-state index contributed by atoms with van der Waals surface area (Å²) in [6.07, 6.45) is 7.98. The molecule has 2 atom stereocenters. The standard InChI is InChI=1S/C13H15N5O/c1-2-8-3-10(4-9(8)5-19)18-7-17-11-12(14)15-6-16-13(11)18/h4-8,10H,2-3H2,1H3,(H2,14,15,16)/t8-,10+/m0/s1. The van der Waals surface area contributed by atoms with Crippen LogP contribution in [0.5, 0.6) is 0 Å². The highest BCUT2D eigenvalue weighted by Crippen LogP contribution is 2.36. The van der Waals surface area contributed by atoms with Crippen LogP contribution in [0.1, 0.15) is 25.8 Å². The Morgan fingerprint density at radius 2 is 2.32 bits per heavy atom. The second kappa shape index (κ2) is 4.46. The Morgan fingerprint density at radius 3 is 3.00 bits per heavy atom. The maximum Gasteiger partial charge on any atom is 0.165 e. The number of rotatable bonds is 3. The average molecular weight is 257 g/mol. The molecule has 0 aliphatic heterocycles. The molecule has 1 aliphatic carbocycles. The number of aldehydes is 1. The largest absolute Gasteiger partial charge is 0.382 e. The zero-order chi connectivity index (χ0) is 13.4. The molecule has 19 heavy (non-hydrogen) atoms. The Morgan fingerprint density at radius 1 is 1.47 bits per heavy atom. The van der Waals surface area contributed by atoms with Crippen molar-refractivity contribution in [1.29, 1.82) is 0 Å². The third-order valence-electron chi connectivity index (χ3n) is 3.76. The molecular weight excluding hydrogens is 242 g/mol. The van der Waals surface area contributed by atoms with Gasteiger partial charge >= 0.3 is 0 Å². The molecule has 0 saturated heterocycles. The molecule has 0 aromatic carbocycles. The second-order valence-corrected chi connectivity index (χ2v) is 4.78. The minimum Gasteiger partial charge on any atom is -0.382 e. The van der Waals surface area contributed by atoms with Crippen LogP contribution in [0.3, 0.4) is 0 Å². The number of anilines is 1. The van der Waals surface area contributed by atoms with Crippen molar-refractivity contribution in [2.24, 2.45) is 5.92 Å². The normalized spacial score (nSPS) is 22.7. The van der Waals surface area contributed by atoms with E-state index in [0.29, 0.717) is 17.3 Å². The summed E-state index contributed by atoms with van der Waals surface area (Å²) in [6.45, 7) is 2.09. The van der Waals surface area contributed by atoms with Gasteiger partial charge in [0.1, 0.15) is 18.1 Å². The summed E-state index contributed by atoms with van der Waals surface area (Å²) in [5.74, 6) is 0.701. The lowest BCUT2D eigenvalue weighted by molar-refractivity contribution is -0.105. The van der Waals surface area contributed by atoms with Gasteiger partial charge in [0.05, 0.1) is 12.4 Å². The lowest BCUT2D eigenvalue weighted by Gasteiger charge is -2.12. The van der Waals surface area contributed by atoms with Gasteiger partial charge in [-0.3, -0.25) is 4.79 Å². The van der Waals surface area contributed by atoms with Crippen LogP contribution in [0.2, 0.25) is 0 Å². The van der Waals surface area contributed by atoms with E-state index < -0.39 is 0 Å². The first kappa shape index (κ1) is 11.8. The van der Waals surface area contributed by atoms with Gasteiger partial charge in [0.2, 0.25) is 0 Å². The summed E-state index contributed by atoms with van der Waals surface area (Å²) in [7, 11) is 0. The van der Waals surface area contributed by atoms with Crippen LogP contribution >= 0.6 is 0 Å². The number of nitrogens with zero attached hydrogens (tertiary/aromatic N) is 4. The first-order valence-electron chi connectivity index (χ1n) is 6.34. The van der Waals surface area contributed by atoms with Crippen molar-refractivity contribution in [3.63, 3.8) is 0 Å². The summed E-state index contributed by atoms with van der Waals surface area (Å²) in [6, 6.07) is 0.115. The van der Waals surface area contributed by atoms with Crippen molar-refractivity contribution in [3.8, 4) is 0 Å². The van der Waals surface area contributed by atoms with E-state index in [4.69, 9.17) is 5.73 Å². The smallest absolute Gasteiger partial charge is 0.165 e. The van der Waals surface area contributed by atoms with Crippen LogP contribution in [-0.2, 0) is 4.79 Å². The molecule has 0 unspecified atom stereocenters. The molecule has 3 rings (SSSR count). The zero-order valence-electron chi connectivity index (χ0n) is 10.7. The van der Waals surface area contributed by atoms with Crippen molar-refractivity contribution in [1.82, 2.24) is 19.5 Å². The number of fused-ring (bicyclic) bond motifs is 1. The molecule has 2 aromatic rings. The highest BCUT2D eigenvalue weighted by Gasteiger charge is 2.27. The van der Waals surface area contributed by atoms with E-state index in [2.05, 4.69) is 21.9 Å². The minimum atomic E-state index is 0.115. The first-order chi connectivity index (χ1) is 9.24. The second-order valence-electron chi connectivity index (χ2n) is 4.78. The molecule has 0 amide bonds. The number of hydrogen-bond donors (Lipinski definition) is 1. The minimum absolute atomic E-state index is 0.115. The van der Waals surface area contributed by atoms with Crippen LogP contribution in [0.4, 0.5) is 5.82 Å². The molecule has 1 aliphatic rings. The van der Waals surface area contributed by atoms with Gasteiger partial charge in [0, 0.05) is 0 Å². The predicted molar refractivity (Wildman–Crippen MR) is 71.3 cm³/mol. The van der Waals surface area contributed by atoms with Crippen molar-refractivity contribution >= 4 is 23.3 Å². The number of carbonyl (C=O) groups is 1. The van der Waals surface area contributed by atoms with Gasteiger partial charge in [-0.1, -0.05) is 13.0 Å². The monoisotopic (exact) mass is 257 g/mol. The average Bonchev–Trinajstić information content (AvgIpc) is 3.02. The molecule has 0 saturated carbocycles. The lowest BCUT2D eigenvalue weighted by atomic mass is 9.99. The van der Waals surface area contributed by atoms with Gasteiger partial charge in [-0.05, 0) is 24.3 Å². The van der Waals surface area contributed by atoms with Gasteiger partial charge < -0.3 is 10.3 Å². The number of nitrogen functional groups attached to an aromatic ring is 1. The van der Waals surface area contributed by atoms with E-state index in [1.165, 1.54) is 6.33 Å². The van der Waals surface area contributed by atoms with E-state index in [0.717, 1.165) is 30.3 Å². The number of nitrogens with two attached hydrogens (primary N) is 1. The van der Waals surface area contributed by atoms with Crippen molar-refractivity contribution in [2.75, 3.05) is 5.73 Å². The first-order valence-corrected chi connectivity index (χ1v) is 6.34. The fourth-order valence-corrected chi connectivity index (χ4v) is 2.70. The van der Waals surface area contributed by atoms with Gasteiger partial charge in [-0.2, -0.15) is 0 Å². The maximum atomic E-state index is 11.1. The molecule has 0 bridgehead atoms. The third kappa shape index (κ3) is 1.80. The summed E-state index contributed by atoms with van der Waals surface area (Å²) >= 11 is 0. The van der Waals surface area contributed by atoms with Gasteiger partial charge in [-0.25, -0.2) is 15.0 Å². The van der Waals surface area contributed by atoms with E-state index >= 15 is 0 Å². The van der Waals surface area contributed by atoms with E-state index in [1.54, 1.807) is 6.33 Å². The van der Waals surface area contributed by atoms with Crippen molar-refractivity contribution in [2.45, 2.75) is 25.8 Å². The number of aromatic nitrogens is 4. The Balaban J connectivity index is 2.05. The molecule has 2 aromatic heterocycles. The van der Waals surface area contributed by atoms with E-state index in [-0.39, 0.29) is 6.04 Å². The Kier molecular flexibility index (Phi) is 2.77. The number of carbonyl (C=O) groups excluding carboxylic acids is 1. The highest BCUT2D eigenvalue weighted by atomic mass is 16.1. The number of allylic oxidation sites excluding steroid dienone is 2. The van der Waals surface area contributed by atoms with Gasteiger partial charge in [0.15, 0.2) is 11.5 Å². The van der Waals surface area contributed by atoms with Crippen LogP contribution in [0, 0.1) is 5.92 Å². The Bertz CT molecular complexity index is 660. The van der Waals surface area contributed by atoms with Crippen LogP contribution in [0.15, 0.2) is 24.3 Å². The van der Waals surface area contributed by atoms with Crippen LogP contribution < -0.4 is 5.73 Å². The molecule has 0 spiro atoms. The summed E-state index contributed by atoms with van der Waals surface area (Å²) in [5.41, 5.74) is 7.98. The van der Waals surface area contributed by atoms with Crippen LogP contribution in [0.25, 0.3) is 11.2 Å². The number of imidazole rings is 1. The topological polar surface area (TPSA) is 86.7 Å². The predicted octanol–water partition coefficient (Wildman–Crippen LogP) is 1.50. The Labute approximate surface area is 110 Å². The SMILES string of the molecule is CC[C@H]1C[C@@H](n2cnc3c(N)ncnc32)C=C1C=O. The summed E-state index contributed by atoms with van der Waals surface area (Å²) in [5, 5.41) is 0. The third-order valence-corrected chi connectivity index (χ3v) is 3.76. The number of hydrogen-bond acceptors (Lipinski definition) is 5. The quantitative estimate of drug-likeness (QED) is 0.842. The van der Waals surface area contributed by atoms with E-state index in [9.17, 15) is 4.79 Å².